The lowest BCUT2D eigenvalue weighted by atomic mass is 10.1. The van der Waals surface area contributed by atoms with Crippen molar-refractivity contribution in [2.24, 2.45) is 5.92 Å². The number of nitrogens with zero attached hydrogens (tertiary/aromatic N) is 4. The lowest BCUT2D eigenvalue weighted by Crippen LogP contribution is -2.35. The van der Waals surface area contributed by atoms with Gasteiger partial charge < -0.3 is 10.2 Å². The molecule has 5 nitrogen and oxygen atoms in total. The van der Waals surface area contributed by atoms with Crippen LogP contribution in [0.4, 0.5) is 0 Å². The molecule has 0 aliphatic heterocycles. The van der Waals surface area contributed by atoms with Gasteiger partial charge in [0.1, 0.15) is 0 Å². The summed E-state index contributed by atoms with van der Waals surface area (Å²) >= 11 is 0. The van der Waals surface area contributed by atoms with Crippen molar-refractivity contribution in [3.63, 3.8) is 0 Å². The molecule has 0 saturated carbocycles. The number of hydrogen-bond donors (Lipinski definition) is 1. The van der Waals surface area contributed by atoms with E-state index < -0.39 is 0 Å². The normalized spacial score (nSPS) is 13.6. The summed E-state index contributed by atoms with van der Waals surface area (Å²) in [5.41, 5.74) is 0.993. The van der Waals surface area contributed by atoms with Crippen molar-refractivity contribution in [2.45, 2.75) is 39.9 Å². The van der Waals surface area contributed by atoms with Crippen LogP contribution in [0.1, 0.15) is 26.5 Å². The van der Waals surface area contributed by atoms with Crippen LogP contribution < -0.4 is 5.32 Å². The van der Waals surface area contributed by atoms with Gasteiger partial charge in [-0.3, -0.25) is 4.68 Å². The van der Waals surface area contributed by atoms with Crippen LogP contribution in [0.3, 0.4) is 0 Å². The predicted octanol–water partition coefficient (Wildman–Crippen LogP) is 0.974. The van der Waals surface area contributed by atoms with Gasteiger partial charge in [-0.15, -0.1) is 5.10 Å². The first-order valence-corrected chi connectivity index (χ1v) is 6.28. The van der Waals surface area contributed by atoms with E-state index in [1.165, 1.54) is 0 Å². The summed E-state index contributed by atoms with van der Waals surface area (Å²) in [6, 6.07) is 0.593. The fraction of sp³-hybridized carbons (Fsp3) is 0.833. The number of rotatable bonds is 7. The first-order valence-electron chi connectivity index (χ1n) is 6.28. The third-order valence-corrected chi connectivity index (χ3v) is 3.29. The van der Waals surface area contributed by atoms with Crippen LogP contribution in [0.2, 0.25) is 0 Å². The average Bonchev–Trinajstić information content (AvgIpc) is 2.73. The number of nitrogens with one attached hydrogen (secondary N) is 1. The van der Waals surface area contributed by atoms with Crippen LogP contribution >= 0.6 is 0 Å². The molecule has 0 aliphatic rings. The van der Waals surface area contributed by atoms with Gasteiger partial charge in [0.25, 0.3) is 0 Å². The first-order chi connectivity index (χ1) is 8.04. The zero-order valence-corrected chi connectivity index (χ0v) is 11.6. The van der Waals surface area contributed by atoms with E-state index in [2.05, 4.69) is 48.3 Å². The Morgan fingerprint density at radius 1 is 1.41 bits per heavy atom. The number of likely N-dealkylation sites (N-methyl/N-ethyl adjacent to an activating group) is 1. The Bertz CT molecular complexity index is 320. The monoisotopic (exact) mass is 239 g/mol. The second kappa shape index (κ2) is 6.71. The maximum atomic E-state index is 4.11. The van der Waals surface area contributed by atoms with E-state index in [0.29, 0.717) is 12.0 Å². The zero-order chi connectivity index (χ0) is 12.8. The van der Waals surface area contributed by atoms with E-state index in [4.69, 9.17) is 0 Å². The molecule has 0 saturated heterocycles. The minimum Gasteiger partial charge on any atom is -0.314 e. The van der Waals surface area contributed by atoms with Crippen molar-refractivity contribution in [1.82, 2.24) is 25.2 Å². The van der Waals surface area contributed by atoms with Crippen LogP contribution in [-0.2, 0) is 13.1 Å². The molecule has 0 radical (unpaired) electrons. The molecule has 1 rings (SSSR count). The Morgan fingerprint density at radius 2 is 2.12 bits per heavy atom. The molecule has 0 spiro atoms. The third kappa shape index (κ3) is 4.44. The molecule has 1 unspecified atom stereocenters. The van der Waals surface area contributed by atoms with Gasteiger partial charge >= 0.3 is 0 Å². The Kier molecular flexibility index (Phi) is 5.58. The summed E-state index contributed by atoms with van der Waals surface area (Å²) in [4.78, 5) is 2.37. The van der Waals surface area contributed by atoms with E-state index in [9.17, 15) is 0 Å². The van der Waals surface area contributed by atoms with Crippen molar-refractivity contribution in [3.05, 3.63) is 11.9 Å². The second-order valence-corrected chi connectivity index (χ2v) is 4.97. The molecule has 5 heteroatoms. The van der Waals surface area contributed by atoms with E-state index in [-0.39, 0.29) is 0 Å². The molecule has 1 atom stereocenters. The van der Waals surface area contributed by atoms with E-state index >= 15 is 0 Å². The van der Waals surface area contributed by atoms with Gasteiger partial charge in [-0.25, -0.2) is 0 Å². The van der Waals surface area contributed by atoms with Gasteiger partial charge in [-0.2, -0.15) is 0 Å². The highest BCUT2D eigenvalue weighted by Gasteiger charge is 2.12. The molecule has 17 heavy (non-hydrogen) atoms. The number of aromatic nitrogens is 3. The Balaban J connectivity index is 2.38. The molecule has 1 N–H and O–H groups in total. The van der Waals surface area contributed by atoms with Gasteiger partial charge in [-0.1, -0.05) is 19.1 Å². The van der Waals surface area contributed by atoms with Gasteiger partial charge in [0, 0.05) is 25.3 Å². The van der Waals surface area contributed by atoms with Crippen LogP contribution in [0, 0.1) is 5.92 Å². The largest absolute Gasteiger partial charge is 0.314 e. The van der Waals surface area contributed by atoms with E-state index in [1.807, 2.05) is 17.9 Å². The Morgan fingerprint density at radius 3 is 2.71 bits per heavy atom. The van der Waals surface area contributed by atoms with Gasteiger partial charge in [-0.05, 0) is 26.9 Å². The fourth-order valence-corrected chi connectivity index (χ4v) is 1.68. The Labute approximate surface area is 104 Å². The van der Waals surface area contributed by atoms with Crippen LogP contribution in [0.15, 0.2) is 6.20 Å². The molecule has 1 aromatic rings. The van der Waals surface area contributed by atoms with Crippen LogP contribution in [-0.4, -0.2) is 46.6 Å². The van der Waals surface area contributed by atoms with Crippen molar-refractivity contribution in [2.75, 3.05) is 20.6 Å². The lowest BCUT2D eigenvalue weighted by molar-refractivity contribution is 0.198. The molecule has 0 fully saturated rings. The summed E-state index contributed by atoms with van der Waals surface area (Å²) < 4.78 is 1.91. The van der Waals surface area contributed by atoms with Crippen LogP contribution in [0.25, 0.3) is 0 Å². The van der Waals surface area contributed by atoms with Crippen molar-refractivity contribution in [3.8, 4) is 0 Å². The van der Waals surface area contributed by atoms with E-state index in [1.54, 1.807) is 0 Å². The second-order valence-electron chi connectivity index (χ2n) is 4.97. The van der Waals surface area contributed by atoms with Crippen molar-refractivity contribution in [1.29, 1.82) is 0 Å². The summed E-state index contributed by atoms with van der Waals surface area (Å²) in [6.45, 7) is 9.44. The highest BCUT2D eigenvalue weighted by Crippen LogP contribution is 2.07. The maximum absolute atomic E-state index is 4.11. The average molecular weight is 239 g/mol. The SMILES string of the molecule is CNCc1cn(CCN(C)C(C)C(C)C)nn1. The molecule has 0 aromatic carbocycles. The van der Waals surface area contributed by atoms with Gasteiger partial charge in [0.2, 0.25) is 0 Å². The Hall–Kier alpha value is -0.940. The predicted molar refractivity (Wildman–Crippen MR) is 69.7 cm³/mol. The molecular weight excluding hydrogens is 214 g/mol. The topological polar surface area (TPSA) is 46.0 Å². The lowest BCUT2D eigenvalue weighted by Gasteiger charge is -2.27. The van der Waals surface area contributed by atoms with Gasteiger partial charge in [0.15, 0.2) is 0 Å². The maximum Gasteiger partial charge on any atom is 0.0964 e. The standard InChI is InChI=1S/C12H25N5/c1-10(2)11(3)16(5)6-7-17-9-12(8-13-4)14-15-17/h9-11,13H,6-8H2,1-5H3. The highest BCUT2D eigenvalue weighted by molar-refractivity contribution is 4.91. The molecule has 0 aliphatic carbocycles. The number of hydrogen-bond acceptors (Lipinski definition) is 4. The third-order valence-electron chi connectivity index (χ3n) is 3.29. The minimum absolute atomic E-state index is 0.593. The smallest absolute Gasteiger partial charge is 0.0964 e. The fourth-order valence-electron chi connectivity index (χ4n) is 1.68. The summed E-state index contributed by atoms with van der Waals surface area (Å²) in [7, 11) is 4.08. The molecular formula is C12H25N5. The molecule has 1 heterocycles. The quantitative estimate of drug-likeness (QED) is 0.770. The first kappa shape index (κ1) is 14.1. The van der Waals surface area contributed by atoms with E-state index in [0.717, 1.165) is 25.3 Å². The summed E-state index contributed by atoms with van der Waals surface area (Å²) in [6.07, 6.45) is 2.00. The van der Waals surface area contributed by atoms with Crippen molar-refractivity contribution >= 4 is 0 Å². The molecule has 1 aromatic heterocycles. The van der Waals surface area contributed by atoms with Gasteiger partial charge in [0.05, 0.1) is 12.2 Å². The highest BCUT2D eigenvalue weighted by atomic mass is 15.4. The molecule has 0 amide bonds. The molecule has 98 valence electrons. The molecule has 0 bridgehead atoms. The summed E-state index contributed by atoms with van der Waals surface area (Å²) in [5, 5.41) is 11.3. The van der Waals surface area contributed by atoms with Crippen LogP contribution in [0.5, 0.6) is 0 Å². The summed E-state index contributed by atoms with van der Waals surface area (Å²) in [5.74, 6) is 0.676. The zero-order valence-electron chi connectivity index (χ0n) is 11.6. The minimum atomic E-state index is 0.593. The van der Waals surface area contributed by atoms with Crippen molar-refractivity contribution < 1.29 is 0 Å².